The second-order valence-electron chi connectivity index (χ2n) is 9.09. The fraction of sp³-hybridized carbons (Fsp3) is 0.429. The second kappa shape index (κ2) is 10.4. The van der Waals surface area contributed by atoms with E-state index in [2.05, 4.69) is 51.1 Å². The Bertz CT molecular complexity index is 1050. The van der Waals surface area contributed by atoms with Gasteiger partial charge in [0.25, 0.3) is 0 Å². The van der Waals surface area contributed by atoms with Gasteiger partial charge in [0.15, 0.2) is 0 Å². The standard InChI is InChI=1S/C28H34O4S/c1-19(2)27(25-12-13-26(33-25)28(4)31-14-15-32-28)22-9-6-20(3)23(16-22)18-30-17-21-7-10-24(29-5)11-8-21/h6-13,16,19,27H,14-15,17-18H2,1-5H3/t27-/m0/s1. The first-order chi connectivity index (χ1) is 15.9. The molecule has 0 spiro atoms. The monoisotopic (exact) mass is 466 g/mol. The lowest BCUT2D eigenvalue weighted by Crippen LogP contribution is -2.20. The highest BCUT2D eigenvalue weighted by Gasteiger charge is 2.35. The molecule has 3 aromatic rings. The molecule has 1 fully saturated rings. The number of hydrogen-bond donors (Lipinski definition) is 0. The second-order valence-corrected chi connectivity index (χ2v) is 10.2. The first-order valence-electron chi connectivity index (χ1n) is 11.6. The fourth-order valence-corrected chi connectivity index (χ4v) is 5.70. The Morgan fingerprint density at radius 2 is 1.70 bits per heavy atom. The molecule has 0 aliphatic carbocycles. The lowest BCUT2D eigenvalue weighted by Gasteiger charge is -2.23. The maximum Gasteiger partial charge on any atom is 0.201 e. The molecular formula is C28H34O4S. The van der Waals surface area contributed by atoms with Gasteiger partial charge in [0.1, 0.15) is 5.75 Å². The van der Waals surface area contributed by atoms with E-state index in [1.807, 2.05) is 31.2 Å². The van der Waals surface area contributed by atoms with E-state index in [0.717, 1.165) is 16.2 Å². The fourth-order valence-electron chi connectivity index (χ4n) is 4.34. The topological polar surface area (TPSA) is 36.9 Å². The van der Waals surface area contributed by atoms with Crippen molar-refractivity contribution in [2.24, 2.45) is 5.92 Å². The number of aryl methyl sites for hydroxylation is 1. The van der Waals surface area contributed by atoms with Crippen molar-refractivity contribution in [1.29, 1.82) is 0 Å². The lowest BCUT2D eigenvalue weighted by atomic mass is 9.85. The Kier molecular flexibility index (Phi) is 7.55. The maximum absolute atomic E-state index is 6.07. The van der Waals surface area contributed by atoms with E-state index in [0.29, 0.717) is 38.3 Å². The highest BCUT2D eigenvalue weighted by molar-refractivity contribution is 7.12. The molecule has 176 valence electrons. The van der Waals surface area contributed by atoms with Gasteiger partial charge in [0, 0.05) is 10.8 Å². The van der Waals surface area contributed by atoms with E-state index in [-0.39, 0.29) is 0 Å². The predicted molar refractivity (Wildman–Crippen MR) is 133 cm³/mol. The van der Waals surface area contributed by atoms with E-state index >= 15 is 0 Å². The zero-order chi connectivity index (χ0) is 23.4. The van der Waals surface area contributed by atoms with Crippen molar-refractivity contribution in [2.45, 2.75) is 52.6 Å². The number of rotatable bonds is 9. The van der Waals surface area contributed by atoms with Crippen molar-refractivity contribution in [1.82, 2.24) is 0 Å². The highest BCUT2D eigenvalue weighted by atomic mass is 32.1. The molecule has 0 saturated carbocycles. The number of methoxy groups -OCH3 is 1. The summed E-state index contributed by atoms with van der Waals surface area (Å²) in [6, 6.07) is 19.2. The zero-order valence-corrected chi connectivity index (χ0v) is 21.0. The van der Waals surface area contributed by atoms with Gasteiger partial charge in [0.05, 0.1) is 38.4 Å². The van der Waals surface area contributed by atoms with Crippen LogP contribution in [0.15, 0.2) is 54.6 Å². The summed E-state index contributed by atoms with van der Waals surface area (Å²) in [5, 5.41) is 0. The predicted octanol–water partition coefficient (Wildman–Crippen LogP) is 6.79. The van der Waals surface area contributed by atoms with Crippen LogP contribution >= 0.6 is 11.3 Å². The van der Waals surface area contributed by atoms with Crippen molar-refractivity contribution in [3.05, 3.63) is 86.6 Å². The summed E-state index contributed by atoms with van der Waals surface area (Å²) in [6.45, 7) is 11.2. The smallest absolute Gasteiger partial charge is 0.201 e. The van der Waals surface area contributed by atoms with Gasteiger partial charge < -0.3 is 18.9 Å². The number of hydrogen-bond acceptors (Lipinski definition) is 5. The summed E-state index contributed by atoms with van der Waals surface area (Å²) in [4.78, 5) is 2.48. The van der Waals surface area contributed by atoms with Gasteiger partial charge in [-0.3, -0.25) is 0 Å². The molecule has 0 N–H and O–H groups in total. The third kappa shape index (κ3) is 5.49. The summed E-state index contributed by atoms with van der Waals surface area (Å²) in [5.41, 5.74) is 4.95. The minimum atomic E-state index is -0.613. The van der Waals surface area contributed by atoms with E-state index < -0.39 is 5.79 Å². The average Bonchev–Trinajstić information content (AvgIpc) is 3.47. The Labute approximate surface area is 201 Å². The van der Waals surface area contributed by atoms with Crippen LogP contribution in [-0.4, -0.2) is 20.3 Å². The van der Waals surface area contributed by atoms with Crippen LogP contribution in [0, 0.1) is 12.8 Å². The van der Waals surface area contributed by atoms with Gasteiger partial charge in [-0.1, -0.05) is 44.2 Å². The number of benzene rings is 2. The first kappa shape index (κ1) is 24.0. The first-order valence-corrected chi connectivity index (χ1v) is 12.4. The SMILES string of the molecule is COc1ccc(COCc2cc([C@@H](c3ccc(C4(C)OCCO4)s3)C(C)C)ccc2C)cc1. The van der Waals surface area contributed by atoms with Crippen molar-refractivity contribution >= 4 is 11.3 Å². The Balaban J connectivity index is 1.50. The van der Waals surface area contributed by atoms with Gasteiger partial charge in [0.2, 0.25) is 5.79 Å². The molecule has 0 unspecified atom stereocenters. The normalized spacial score (nSPS) is 16.3. The molecule has 1 aromatic heterocycles. The minimum Gasteiger partial charge on any atom is -0.497 e. The molecule has 2 aromatic carbocycles. The van der Waals surface area contributed by atoms with Crippen LogP contribution in [0.1, 0.15) is 58.7 Å². The van der Waals surface area contributed by atoms with Crippen LogP contribution < -0.4 is 4.74 Å². The molecule has 1 aliphatic heterocycles. The largest absolute Gasteiger partial charge is 0.497 e. The van der Waals surface area contributed by atoms with Crippen molar-refractivity contribution in [3.63, 3.8) is 0 Å². The van der Waals surface area contributed by atoms with Crippen molar-refractivity contribution in [2.75, 3.05) is 20.3 Å². The molecule has 33 heavy (non-hydrogen) atoms. The van der Waals surface area contributed by atoms with Gasteiger partial charge in [-0.15, -0.1) is 11.3 Å². The number of ether oxygens (including phenoxy) is 4. The van der Waals surface area contributed by atoms with Gasteiger partial charge >= 0.3 is 0 Å². The molecule has 0 amide bonds. The molecule has 2 heterocycles. The number of thiophene rings is 1. The summed E-state index contributed by atoms with van der Waals surface area (Å²) in [7, 11) is 1.68. The van der Waals surface area contributed by atoms with E-state index in [1.165, 1.54) is 21.6 Å². The van der Waals surface area contributed by atoms with Gasteiger partial charge in [-0.05, 0) is 66.3 Å². The molecule has 0 bridgehead atoms. The average molecular weight is 467 g/mol. The Hall–Kier alpha value is -2.18. The molecule has 4 nitrogen and oxygen atoms in total. The molecule has 0 radical (unpaired) electrons. The molecular weight excluding hydrogens is 432 g/mol. The lowest BCUT2D eigenvalue weighted by molar-refractivity contribution is -0.146. The molecule has 1 aliphatic rings. The van der Waals surface area contributed by atoms with Crippen LogP contribution in [0.3, 0.4) is 0 Å². The van der Waals surface area contributed by atoms with Crippen LogP contribution in [0.25, 0.3) is 0 Å². The Morgan fingerprint density at radius 3 is 2.36 bits per heavy atom. The zero-order valence-electron chi connectivity index (χ0n) is 20.2. The Morgan fingerprint density at radius 1 is 0.970 bits per heavy atom. The third-order valence-electron chi connectivity index (χ3n) is 6.30. The van der Waals surface area contributed by atoms with Crippen LogP contribution in [0.2, 0.25) is 0 Å². The van der Waals surface area contributed by atoms with Gasteiger partial charge in [-0.2, -0.15) is 0 Å². The summed E-state index contributed by atoms with van der Waals surface area (Å²) in [6.07, 6.45) is 0. The van der Waals surface area contributed by atoms with E-state index in [9.17, 15) is 0 Å². The summed E-state index contributed by atoms with van der Waals surface area (Å²) in [5.74, 6) is 1.03. The van der Waals surface area contributed by atoms with E-state index in [4.69, 9.17) is 18.9 Å². The van der Waals surface area contributed by atoms with Crippen LogP contribution in [-0.2, 0) is 33.2 Å². The molecule has 1 atom stereocenters. The van der Waals surface area contributed by atoms with Crippen molar-refractivity contribution < 1.29 is 18.9 Å². The van der Waals surface area contributed by atoms with Crippen LogP contribution in [0.4, 0.5) is 0 Å². The quantitative estimate of drug-likeness (QED) is 0.348. The maximum atomic E-state index is 6.07. The summed E-state index contributed by atoms with van der Waals surface area (Å²) < 4.78 is 23.1. The summed E-state index contributed by atoms with van der Waals surface area (Å²) >= 11 is 1.80. The molecule has 5 heteroatoms. The minimum absolute atomic E-state index is 0.315. The van der Waals surface area contributed by atoms with Gasteiger partial charge in [-0.25, -0.2) is 0 Å². The van der Waals surface area contributed by atoms with Crippen molar-refractivity contribution in [3.8, 4) is 5.75 Å². The van der Waals surface area contributed by atoms with Crippen LogP contribution in [0.5, 0.6) is 5.75 Å². The van der Waals surface area contributed by atoms with E-state index in [1.54, 1.807) is 18.4 Å². The third-order valence-corrected chi connectivity index (χ3v) is 7.66. The molecule has 1 saturated heterocycles. The molecule has 4 rings (SSSR count). The highest BCUT2D eigenvalue weighted by Crippen LogP contribution is 2.42.